The van der Waals surface area contributed by atoms with Crippen LogP contribution in [0.4, 0.5) is 11.5 Å². The van der Waals surface area contributed by atoms with Crippen molar-refractivity contribution in [2.24, 2.45) is 0 Å². The second-order valence-corrected chi connectivity index (χ2v) is 10.4. The predicted octanol–water partition coefficient (Wildman–Crippen LogP) is 2.28. The zero-order chi connectivity index (χ0) is 23.1. The van der Waals surface area contributed by atoms with Crippen LogP contribution in [0, 0.1) is 11.3 Å². The van der Waals surface area contributed by atoms with Crippen molar-refractivity contribution < 1.29 is 13.2 Å². The monoisotopic (exact) mass is 468 g/mol. The molecule has 172 valence electrons. The molecule has 2 saturated heterocycles. The number of hydrogen-bond donors (Lipinski definition) is 2. The summed E-state index contributed by atoms with van der Waals surface area (Å²) in [6.45, 7) is 2.06. The second-order valence-electron chi connectivity index (χ2n) is 8.45. The van der Waals surface area contributed by atoms with Gasteiger partial charge in [0.2, 0.25) is 10.0 Å². The lowest BCUT2D eigenvalue weighted by Gasteiger charge is -2.35. The summed E-state index contributed by atoms with van der Waals surface area (Å²) in [5.41, 5.74) is 0.247. The standard InChI is InChI=1S/C22H24N6O4S/c23-10-9-22(8-1-14-32-15-22)28-18-7-11-24-21(29)19(18)20(26-28)25-16-3-5-17(6-4-16)33(30,31)27-12-2-13-27/h3-7,11H,1-2,8-9,12-15H2,(H,24,29)(H,25,26). The molecule has 33 heavy (non-hydrogen) atoms. The first kappa shape index (κ1) is 21.6. The van der Waals surface area contributed by atoms with Crippen LogP contribution in [-0.2, 0) is 20.3 Å². The number of nitrogens with zero attached hydrogens (tertiary/aromatic N) is 4. The molecule has 2 aliphatic heterocycles. The molecular formula is C22H24N6O4S. The Kier molecular flexibility index (Phi) is 5.44. The number of sulfonamides is 1. The Morgan fingerprint density at radius 1 is 1.21 bits per heavy atom. The lowest BCUT2D eigenvalue weighted by Crippen LogP contribution is -2.42. The highest BCUT2D eigenvalue weighted by Crippen LogP contribution is 2.35. The molecule has 3 aromatic rings. The van der Waals surface area contributed by atoms with E-state index in [1.165, 1.54) is 4.31 Å². The lowest BCUT2D eigenvalue weighted by molar-refractivity contribution is -0.00174. The summed E-state index contributed by atoms with van der Waals surface area (Å²) < 4.78 is 34.1. The smallest absolute Gasteiger partial charge is 0.261 e. The van der Waals surface area contributed by atoms with Gasteiger partial charge in [0, 0.05) is 31.6 Å². The Hall–Kier alpha value is -3.20. The zero-order valence-corrected chi connectivity index (χ0v) is 18.8. The quantitative estimate of drug-likeness (QED) is 0.567. The van der Waals surface area contributed by atoms with Gasteiger partial charge >= 0.3 is 0 Å². The van der Waals surface area contributed by atoms with Gasteiger partial charge in [-0.25, -0.2) is 8.42 Å². The number of aromatic amines is 1. The Morgan fingerprint density at radius 3 is 2.64 bits per heavy atom. The van der Waals surface area contributed by atoms with E-state index in [9.17, 15) is 18.5 Å². The van der Waals surface area contributed by atoms with E-state index in [2.05, 4.69) is 16.4 Å². The molecule has 1 unspecified atom stereocenters. The summed E-state index contributed by atoms with van der Waals surface area (Å²) in [5.74, 6) is 0.341. The largest absolute Gasteiger partial charge is 0.379 e. The van der Waals surface area contributed by atoms with E-state index in [0.717, 1.165) is 12.8 Å². The van der Waals surface area contributed by atoms with Gasteiger partial charge in [0.1, 0.15) is 5.39 Å². The van der Waals surface area contributed by atoms with Crippen molar-refractivity contribution in [3.63, 3.8) is 0 Å². The number of H-pyrrole nitrogens is 1. The van der Waals surface area contributed by atoms with Gasteiger partial charge in [0.25, 0.3) is 5.56 Å². The maximum Gasteiger partial charge on any atom is 0.261 e. The summed E-state index contributed by atoms with van der Waals surface area (Å²) in [7, 11) is -3.47. The fourth-order valence-corrected chi connectivity index (χ4v) is 5.93. The molecule has 1 aromatic carbocycles. The molecule has 0 radical (unpaired) electrons. The highest BCUT2D eigenvalue weighted by Gasteiger charge is 2.38. The molecule has 4 heterocycles. The number of benzene rings is 1. The second kappa shape index (κ2) is 8.30. The van der Waals surface area contributed by atoms with Gasteiger partial charge in [0.15, 0.2) is 5.82 Å². The van der Waals surface area contributed by atoms with Crippen LogP contribution in [0.2, 0.25) is 0 Å². The number of fused-ring (bicyclic) bond motifs is 1. The minimum absolute atomic E-state index is 0.207. The number of pyridine rings is 1. The van der Waals surface area contributed by atoms with Crippen molar-refractivity contribution in [3.8, 4) is 6.07 Å². The summed E-state index contributed by atoms with van der Waals surface area (Å²) in [5, 5.41) is 17.7. The molecule has 0 aliphatic carbocycles. The third-order valence-corrected chi connectivity index (χ3v) is 8.25. The molecule has 11 heteroatoms. The average Bonchev–Trinajstić information content (AvgIpc) is 3.14. The van der Waals surface area contributed by atoms with Gasteiger partial charge in [-0.3, -0.25) is 9.48 Å². The van der Waals surface area contributed by atoms with Gasteiger partial charge in [-0.05, 0) is 49.6 Å². The van der Waals surface area contributed by atoms with Crippen molar-refractivity contribution in [2.75, 3.05) is 31.6 Å². The van der Waals surface area contributed by atoms with Gasteiger partial charge in [-0.2, -0.15) is 14.7 Å². The van der Waals surface area contributed by atoms with Crippen molar-refractivity contribution in [1.82, 2.24) is 19.1 Å². The minimum atomic E-state index is -3.47. The van der Waals surface area contributed by atoms with Crippen LogP contribution in [0.5, 0.6) is 0 Å². The van der Waals surface area contributed by atoms with Gasteiger partial charge in [-0.15, -0.1) is 0 Å². The molecule has 0 spiro atoms. The van der Waals surface area contributed by atoms with Crippen LogP contribution in [0.15, 0.2) is 46.2 Å². The Labute approximate surface area is 190 Å². The van der Waals surface area contributed by atoms with E-state index < -0.39 is 15.6 Å². The Bertz CT molecular complexity index is 1380. The minimum Gasteiger partial charge on any atom is -0.379 e. The average molecular weight is 469 g/mol. The number of nitrogens with one attached hydrogen (secondary N) is 2. The molecule has 2 aromatic heterocycles. The number of rotatable bonds is 6. The van der Waals surface area contributed by atoms with Crippen LogP contribution in [0.25, 0.3) is 10.9 Å². The normalized spacial score (nSPS) is 21.4. The Balaban J connectivity index is 1.53. The van der Waals surface area contributed by atoms with E-state index in [1.54, 1.807) is 41.2 Å². The molecule has 2 fully saturated rings. The van der Waals surface area contributed by atoms with Crippen LogP contribution < -0.4 is 10.9 Å². The SMILES string of the molecule is N#CCC1(n2nc(Nc3ccc(S(=O)(=O)N4CCC4)cc3)c3c(=O)[nH]ccc32)CCCOC1. The topological polar surface area (TPSA) is 133 Å². The number of aromatic nitrogens is 3. The number of hydrogen-bond acceptors (Lipinski definition) is 7. The van der Waals surface area contributed by atoms with Gasteiger partial charge in [-0.1, -0.05) is 0 Å². The van der Waals surface area contributed by atoms with Crippen molar-refractivity contribution in [3.05, 3.63) is 46.9 Å². The molecule has 2 N–H and O–H groups in total. The first-order valence-corrected chi connectivity index (χ1v) is 12.3. The molecule has 2 aliphatic rings. The molecule has 0 bridgehead atoms. The molecule has 0 amide bonds. The van der Waals surface area contributed by atoms with E-state index in [1.807, 2.05) is 0 Å². The highest BCUT2D eigenvalue weighted by atomic mass is 32.2. The van der Waals surface area contributed by atoms with E-state index in [-0.39, 0.29) is 16.9 Å². The summed E-state index contributed by atoms with van der Waals surface area (Å²) >= 11 is 0. The predicted molar refractivity (Wildman–Crippen MR) is 122 cm³/mol. The maximum atomic E-state index is 12.7. The summed E-state index contributed by atoms with van der Waals surface area (Å²) in [6.07, 6.45) is 4.15. The first-order chi connectivity index (χ1) is 15.9. The van der Waals surface area contributed by atoms with Crippen LogP contribution in [-0.4, -0.2) is 53.8 Å². The van der Waals surface area contributed by atoms with Crippen LogP contribution in [0.3, 0.4) is 0 Å². The molecule has 0 saturated carbocycles. The number of nitriles is 1. The Morgan fingerprint density at radius 2 is 2.00 bits per heavy atom. The highest BCUT2D eigenvalue weighted by molar-refractivity contribution is 7.89. The van der Waals surface area contributed by atoms with Crippen molar-refractivity contribution in [2.45, 2.75) is 36.1 Å². The third-order valence-electron chi connectivity index (χ3n) is 6.33. The first-order valence-electron chi connectivity index (χ1n) is 10.9. The fourth-order valence-electron chi connectivity index (χ4n) is 4.42. The van der Waals surface area contributed by atoms with E-state index in [0.29, 0.717) is 55.1 Å². The molecule has 5 rings (SSSR count). The molecule has 10 nitrogen and oxygen atoms in total. The fraction of sp³-hybridized carbons (Fsp3) is 0.409. The number of ether oxygens (including phenoxy) is 1. The van der Waals surface area contributed by atoms with Crippen LogP contribution in [0.1, 0.15) is 25.7 Å². The van der Waals surface area contributed by atoms with Gasteiger partial charge in [0.05, 0.1) is 35.0 Å². The van der Waals surface area contributed by atoms with Crippen LogP contribution >= 0.6 is 0 Å². The number of anilines is 2. The summed E-state index contributed by atoms with van der Waals surface area (Å²) in [4.78, 5) is 15.6. The third kappa shape index (κ3) is 3.70. The van der Waals surface area contributed by atoms with E-state index >= 15 is 0 Å². The van der Waals surface area contributed by atoms with Gasteiger partial charge < -0.3 is 15.0 Å². The molecule has 1 atom stereocenters. The van der Waals surface area contributed by atoms with E-state index in [4.69, 9.17) is 9.84 Å². The zero-order valence-electron chi connectivity index (χ0n) is 18.0. The molecular weight excluding hydrogens is 444 g/mol. The maximum absolute atomic E-state index is 12.7. The van der Waals surface area contributed by atoms with Crippen molar-refractivity contribution in [1.29, 1.82) is 5.26 Å². The summed E-state index contributed by atoms with van der Waals surface area (Å²) in [6, 6.07) is 10.4. The van der Waals surface area contributed by atoms with Crippen molar-refractivity contribution >= 4 is 32.4 Å². The lowest BCUT2D eigenvalue weighted by atomic mass is 9.89.